The molecule has 2 aliphatic rings. The SMILES string of the molecule is CC(C)(C(=O)N1CCC(c2ccc(C(=O)NCC3CC3)cn2)CC1)c1ccc(F)cc1. The fourth-order valence-electron chi connectivity index (χ4n) is 4.21. The average Bonchev–Trinajstić information content (AvgIpc) is 3.62. The number of carbonyl (C=O) groups excluding carboxylic acids is 2. The summed E-state index contributed by atoms with van der Waals surface area (Å²) in [7, 11) is 0. The lowest BCUT2D eigenvalue weighted by atomic mass is 9.82. The van der Waals surface area contributed by atoms with Gasteiger partial charge in [0.05, 0.1) is 11.0 Å². The van der Waals surface area contributed by atoms with E-state index in [0.717, 1.165) is 30.6 Å². The van der Waals surface area contributed by atoms with Crippen LogP contribution in [-0.4, -0.2) is 41.3 Å². The highest BCUT2D eigenvalue weighted by molar-refractivity contribution is 5.93. The number of halogens is 1. The molecule has 1 saturated heterocycles. The van der Waals surface area contributed by atoms with E-state index >= 15 is 0 Å². The normalized spacial score (nSPS) is 17.5. The summed E-state index contributed by atoms with van der Waals surface area (Å²) in [5.74, 6) is 0.632. The van der Waals surface area contributed by atoms with Gasteiger partial charge in [-0.25, -0.2) is 4.39 Å². The molecule has 1 aromatic carbocycles. The number of rotatable bonds is 6. The molecule has 5 nitrogen and oxygen atoms in total. The summed E-state index contributed by atoms with van der Waals surface area (Å²) in [5, 5.41) is 2.96. The van der Waals surface area contributed by atoms with E-state index in [2.05, 4.69) is 10.3 Å². The minimum absolute atomic E-state index is 0.0607. The molecule has 0 bridgehead atoms. The Balaban J connectivity index is 1.33. The third-order valence-corrected chi connectivity index (χ3v) is 6.60. The van der Waals surface area contributed by atoms with Gasteiger partial charge in [0.25, 0.3) is 5.91 Å². The molecular weight excluding hydrogens is 393 g/mol. The molecule has 4 rings (SSSR count). The van der Waals surface area contributed by atoms with Crippen LogP contribution in [-0.2, 0) is 10.2 Å². The van der Waals surface area contributed by atoms with Crippen LogP contribution in [0.1, 0.15) is 67.1 Å². The zero-order valence-corrected chi connectivity index (χ0v) is 18.2. The largest absolute Gasteiger partial charge is 0.352 e. The minimum Gasteiger partial charge on any atom is -0.352 e. The Morgan fingerprint density at radius 1 is 1.06 bits per heavy atom. The first-order valence-electron chi connectivity index (χ1n) is 11.1. The van der Waals surface area contributed by atoms with Gasteiger partial charge in [0.2, 0.25) is 5.91 Å². The van der Waals surface area contributed by atoms with E-state index in [9.17, 15) is 14.0 Å². The predicted octanol–water partition coefficient (Wildman–Crippen LogP) is 4.04. The highest BCUT2D eigenvalue weighted by Crippen LogP contribution is 2.31. The summed E-state index contributed by atoms with van der Waals surface area (Å²) in [5.41, 5.74) is 1.69. The fraction of sp³-hybridized carbons (Fsp3) is 0.480. The maximum Gasteiger partial charge on any atom is 0.252 e. The lowest BCUT2D eigenvalue weighted by molar-refractivity contribution is -0.137. The Hall–Kier alpha value is -2.76. The van der Waals surface area contributed by atoms with Crippen molar-refractivity contribution in [3.8, 4) is 0 Å². The van der Waals surface area contributed by atoms with Crippen LogP contribution in [0.15, 0.2) is 42.6 Å². The number of amides is 2. The fourth-order valence-corrected chi connectivity index (χ4v) is 4.21. The number of hydrogen-bond acceptors (Lipinski definition) is 3. The molecule has 2 fully saturated rings. The van der Waals surface area contributed by atoms with E-state index < -0.39 is 5.41 Å². The molecule has 1 N–H and O–H groups in total. The van der Waals surface area contributed by atoms with Crippen LogP contribution in [0, 0.1) is 11.7 Å². The van der Waals surface area contributed by atoms with Crippen molar-refractivity contribution in [1.82, 2.24) is 15.2 Å². The average molecular weight is 424 g/mol. The predicted molar refractivity (Wildman–Crippen MR) is 117 cm³/mol. The van der Waals surface area contributed by atoms with Crippen molar-refractivity contribution in [2.75, 3.05) is 19.6 Å². The third kappa shape index (κ3) is 4.94. The quantitative estimate of drug-likeness (QED) is 0.763. The number of nitrogens with zero attached hydrogens (tertiary/aromatic N) is 2. The molecule has 164 valence electrons. The van der Waals surface area contributed by atoms with E-state index in [1.165, 1.54) is 25.0 Å². The van der Waals surface area contributed by atoms with E-state index in [-0.39, 0.29) is 23.5 Å². The Bertz CT molecular complexity index is 928. The van der Waals surface area contributed by atoms with Crippen LogP contribution >= 0.6 is 0 Å². The van der Waals surface area contributed by atoms with Crippen molar-refractivity contribution in [2.24, 2.45) is 5.92 Å². The molecule has 0 radical (unpaired) electrons. The van der Waals surface area contributed by atoms with E-state index in [0.29, 0.717) is 24.6 Å². The Morgan fingerprint density at radius 3 is 2.32 bits per heavy atom. The Labute approximate surface area is 183 Å². The standard InChI is InChI=1S/C25H30FN3O2/c1-25(2,20-6-8-21(26)9-7-20)24(31)29-13-11-18(12-14-29)22-10-5-19(16-27-22)23(30)28-15-17-3-4-17/h5-10,16-18H,3-4,11-15H2,1-2H3,(H,28,30). The van der Waals surface area contributed by atoms with Gasteiger partial charge in [-0.15, -0.1) is 0 Å². The lowest BCUT2D eigenvalue weighted by Crippen LogP contribution is -2.46. The van der Waals surface area contributed by atoms with Crippen molar-refractivity contribution >= 4 is 11.8 Å². The first-order chi connectivity index (χ1) is 14.8. The van der Waals surface area contributed by atoms with Crippen LogP contribution in [0.25, 0.3) is 0 Å². The topological polar surface area (TPSA) is 62.3 Å². The van der Waals surface area contributed by atoms with Crippen LogP contribution in [0.5, 0.6) is 0 Å². The van der Waals surface area contributed by atoms with Crippen molar-refractivity contribution in [3.05, 3.63) is 65.2 Å². The minimum atomic E-state index is -0.700. The zero-order chi connectivity index (χ0) is 22.0. The van der Waals surface area contributed by atoms with E-state index in [1.54, 1.807) is 18.3 Å². The summed E-state index contributed by atoms with van der Waals surface area (Å²) in [6.07, 6.45) is 5.75. The smallest absolute Gasteiger partial charge is 0.252 e. The van der Waals surface area contributed by atoms with Gasteiger partial charge in [0.1, 0.15) is 5.82 Å². The second-order valence-corrected chi connectivity index (χ2v) is 9.32. The maximum absolute atomic E-state index is 13.3. The highest BCUT2D eigenvalue weighted by Gasteiger charge is 2.35. The number of nitrogens with one attached hydrogen (secondary N) is 1. The number of benzene rings is 1. The van der Waals surface area contributed by atoms with E-state index in [4.69, 9.17) is 0 Å². The van der Waals surface area contributed by atoms with Crippen molar-refractivity contribution in [3.63, 3.8) is 0 Å². The molecule has 0 spiro atoms. The summed E-state index contributed by atoms with van der Waals surface area (Å²) >= 11 is 0. The van der Waals surface area contributed by atoms with Gasteiger partial charge in [0, 0.05) is 37.4 Å². The zero-order valence-electron chi connectivity index (χ0n) is 18.2. The number of aromatic nitrogens is 1. The Morgan fingerprint density at radius 2 is 1.74 bits per heavy atom. The third-order valence-electron chi connectivity index (χ3n) is 6.60. The van der Waals surface area contributed by atoms with Crippen LogP contribution in [0.3, 0.4) is 0 Å². The molecule has 0 unspecified atom stereocenters. The van der Waals surface area contributed by atoms with Crippen molar-refractivity contribution in [1.29, 1.82) is 0 Å². The molecule has 2 amide bonds. The second kappa shape index (κ2) is 8.77. The summed E-state index contributed by atoms with van der Waals surface area (Å²) in [6.45, 7) is 5.87. The van der Waals surface area contributed by atoms with Gasteiger partial charge in [-0.05, 0) is 75.3 Å². The number of hydrogen-bond donors (Lipinski definition) is 1. The van der Waals surface area contributed by atoms with Crippen LogP contribution < -0.4 is 5.32 Å². The van der Waals surface area contributed by atoms with Gasteiger partial charge in [0.15, 0.2) is 0 Å². The number of likely N-dealkylation sites (tertiary alicyclic amines) is 1. The molecule has 1 aromatic heterocycles. The van der Waals surface area contributed by atoms with Crippen LogP contribution in [0.4, 0.5) is 4.39 Å². The monoisotopic (exact) mass is 423 g/mol. The highest BCUT2D eigenvalue weighted by atomic mass is 19.1. The van der Waals surface area contributed by atoms with Crippen LogP contribution in [0.2, 0.25) is 0 Å². The molecule has 0 atom stereocenters. The lowest BCUT2D eigenvalue weighted by Gasteiger charge is -2.37. The number of piperidine rings is 1. The molecule has 1 aliphatic heterocycles. The molecular formula is C25H30FN3O2. The van der Waals surface area contributed by atoms with Gasteiger partial charge >= 0.3 is 0 Å². The summed E-state index contributed by atoms with van der Waals surface area (Å²) in [4.78, 5) is 31.8. The van der Waals surface area contributed by atoms with E-state index in [1.807, 2.05) is 30.9 Å². The number of carbonyl (C=O) groups is 2. The Kier molecular flexibility index (Phi) is 6.08. The van der Waals surface area contributed by atoms with Gasteiger partial charge in [-0.1, -0.05) is 12.1 Å². The molecule has 31 heavy (non-hydrogen) atoms. The van der Waals surface area contributed by atoms with Crippen molar-refractivity contribution < 1.29 is 14.0 Å². The van der Waals surface area contributed by atoms with Gasteiger partial charge in [-0.2, -0.15) is 0 Å². The molecule has 6 heteroatoms. The summed E-state index contributed by atoms with van der Waals surface area (Å²) < 4.78 is 13.3. The van der Waals surface area contributed by atoms with Crippen molar-refractivity contribution in [2.45, 2.75) is 50.9 Å². The summed E-state index contributed by atoms with van der Waals surface area (Å²) in [6, 6.07) is 9.96. The van der Waals surface area contributed by atoms with Gasteiger partial charge < -0.3 is 10.2 Å². The first kappa shape index (κ1) is 21.5. The molecule has 1 saturated carbocycles. The molecule has 2 heterocycles. The van der Waals surface area contributed by atoms with Gasteiger partial charge in [-0.3, -0.25) is 14.6 Å². The molecule has 2 aromatic rings. The second-order valence-electron chi connectivity index (χ2n) is 9.32. The molecule has 1 aliphatic carbocycles. The number of pyridine rings is 1. The maximum atomic E-state index is 13.3. The first-order valence-corrected chi connectivity index (χ1v) is 11.1.